The molecule has 5 rings (SSSR count). The summed E-state index contributed by atoms with van der Waals surface area (Å²) in [7, 11) is -3.58. The number of amides is 1. The molecular weight excluding hydrogens is 502 g/mol. The van der Waals surface area contributed by atoms with Crippen molar-refractivity contribution < 1.29 is 13.2 Å². The Balaban J connectivity index is 1.47. The van der Waals surface area contributed by atoms with Gasteiger partial charge in [-0.05, 0) is 73.7 Å². The van der Waals surface area contributed by atoms with Gasteiger partial charge in [-0.3, -0.25) is 9.69 Å². The van der Waals surface area contributed by atoms with Crippen LogP contribution in [0.4, 0.5) is 5.13 Å². The summed E-state index contributed by atoms with van der Waals surface area (Å²) < 4.78 is 29.0. The number of sulfonamides is 1. The van der Waals surface area contributed by atoms with Crippen LogP contribution in [0.3, 0.4) is 0 Å². The Kier molecular flexibility index (Phi) is 7.42. The van der Waals surface area contributed by atoms with Crippen molar-refractivity contribution in [2.45, 2.75) is 51.0 Å². The van der Waals surface area contributed by atoms with Crippen molar-refractivity contribution in [1.82, 2.24) is 9.29 Å². The lowest BCUT2D eigenvalue weighted by Crippen LogP contribution is -2.32. The lowest BCUT2D eigenvalue weighted by Gasteiger charge is -2.21. The van der Waals surface area contributed by atoms with E-state index in [0.29, 0.717) is 30.3 Å². The third-order valence-electron chi connectivity index (χ3n) is 7.04. The molecule has 3 aromatic carbocycles. The predicted molar refractivity (Wildman–Crippen MR) is 150 cm³/mol. The summed E-state index contributed by atoms with van der Waals surface area (Å²) in [5, 5.41) is 0.624. The fourth-order valence-corrected chi connectivity index (χ4v) is 7.22. The maximum Gasteiger partial charge on any atom is 0.260 e. The van der Waals surface area contributed by atoms with E-state index in [-0.39, 0.29) is 10.8 Å². The summed E-state index contributed by atoms with van der Waals surface area (Å²) in [4.78, 5) is 20.6. The van der Waals surface area contributed by atoms with Crippen molar-refractivity contribution in [3.63, 3.8) is 0 Å². The number of benzene rings is 3. The molecule has 1 aliphatic heterocycles. The zero-order valence-electron chi connectivity index (χ0n) is 21.2. The van der Waals surface area contributed by atoms with Crippen molar-refractivity contribution >= 4 is 42.6 Å². The van der Waals surface area contributed by atoms with Crippen LogP contribution < -0.4 is 4.90 Å². The van der Waals surface area contributed by atoms with Gasteiger partial charge in [0.1, 0.15) is 0 Å². The molecule has 2 heterocycles. The number of rotatable bonds is 6. The maximum absolute atomic E-state index is 13.8. The number of nitrogens with zero attached hydrogens (tertiary/aromatic N) is 3. The zero-order valence-corrected chi connectivity index (χ0v) is 22.8. The Bertz CT molecular complexity index is 1510. The Morgan fingerprint density at radius 3 is 2.27 bits per heavy atom. The fourth-order valence-electron chi connectivity index (χ4n) is 4.68. The number of anilines is 1. The number of hydrogen-bond donors (Lipinski definition) is 0. The number of hydrogen-bond acceptors (Lipinski definition) is 5. The highest BCUT2D eigenvalue weighted by molar-refractivity contribution is 7.89. The van der Waals surface area contributed by atoms with Crippen molar-refractivity contribution in [2.75, 3.05) is 18.0 Å². The summed E-state index contributed by atoms with van der Waals surface area (Å²) in [6.45, 7) is 5.57. The number of aryl methyl sites for hydroxylation is 2. The Morgan fingerprint density at radius 2 is 1.59 bits per heavy atom. The van der Waals surface area contributed by atoms with Gasteiger partial charge >= 0.3 is 0 Å². The van der Waals surface area contributed by atoms with Crippen LogP contribution >= 0.6 is 11.3 Å². The molecule has 0 radical (unpaired) electrons. The van der Waals surface area contributed by atoms with E-state index in [2.05, 4.69) is 13.0 Å². The number of aromatic nitrogens is 1. The summed E-state index contributed by atoms with van der Waals surface area (Å²) in [6.07, 6.45) is 3.87. The first-order chi connectivity index (χ1) is 17.8. The van der Waals surface area contributed by atoms with E-state index in [4.69, 9.17) is 4.98 Å². The lowest BCUT2D eigenvalue weighted by atomic mass is 10.1. The quantitative estimate of drug-likeness (QED) is 0.291. The van der Waals surface area contributed by atoms with Gasteiger partial charge < -0.3 is 0 Å². The summed E-state index contributed by atoms with van der Waals surface area (Å²) in [6, 6.07) is 20.3. The highest BCUT2D eigenvalue weighted by atomic mass is 32.2. The van der Waals surface area contributed by atoms with Gasteiger partial charge in [-0.1, -0.05) is 60.6 Å². The van der Waals surface area contributed by atoms with Crippen LogP contribution in [-0.2, 0) is 16.6 Å². The molecule has 1 fully saturated rings. The normalized spacial score (nSPS) is 15.0. The van der Waals surface area contributed by atoms with Crippen molar-refractivity contribution in [3.8, 4) is 0 Å². The molecule has 8 heteroatoms. The third kappa shape index (κ3) is 5.32. The second-order valence-electron chi connectivity index (χ2n) is 9.57. The Hall–Kier alpha value is -3.07. The first-order valence-corrected chi connectivity index (χ1v) is 14.9. The van der Waals surface area contributed by atoms with Gasteiger partial charge in [0.15, 0.2) is 5.13 Å². The fraction of sp³-hybridized carbons (Fsp3) is 0.310. The van der Waals surface area contributed by atoms with Crippen LogP contribution in [0.1, 0.15) is 52.7 Å². The molecule has 192 valence electrons. The summed E-state index contributed by atoms with van der Waals surface area (Å²) >= 11 is 1.49. The summed E-state index contributed by atoms with van der Waals surface area (Å²) in [5.41, 5.74) is 4.59. The van der Waals surface area contributed by atoms with E-state index >= 15 is 0 Å². The number of fused-ring (bicyclic) bond motifs is 1. The molecule has 1 saturated heterocycles. The van der Waals surface area contributed by atoms with Crippen LogP contribution in [0.25, 0.3) is 10.2 Å². The topological polar surface area (TPSA) is 70.6 Å². The minimum absolute atomic E-state index is 0.212. The Labute approximate surface area is 222 Å². The standard InChI is InChI=1S/C29H31N3O3S2/c1-21-12-17-26-27(22(21)2)30-29(36-26)32(20-23-10-6-5-7-11-23)28(33)24-13-15-25(16-14-24)37(34,35)31-18-8-3-4-9-19-31/h5-7,10-17H,3-4,8-9,18-20H2,1-2H3. The number of carbonyl (C=O) groups is 1. The highest BCUT2D eigenvalue weighted by Crippen LogP contribution is 2.33. The molecule has 1 amide bonds. The second kappa shape index (κ2) is 10.7. The Morgan fingerprint density at radius 1 is 0.919 bits per heavy atom. The van der Waals surface area contributed by atoms with Gasteiger partial charge in [-0.25, -0.2) is 13.4 Å². The monoisotopic (exact) mass is 533 g/mol. The van der Waals surface area contributed by atoms with Crippen molar-refractivity contribution in [2.24, 2.45) is 0 Å². The number of thiazole rings is 1. The minimum Gasteiger partial charge on any atom is -0.279 e. The molecule has 0 aliphatic carbocycles. The van der Waals surface area contributed by atoms with Crippen LogP contribution in [0.2, 0.25) is 0 Å². The first kappa shape index (κ1) is 25.6. The molecule has 0 unspecified atom stereocenters. The SMILES string of the molecule is Cc1ccc2sc(N(Cc3ccccc3)C(=O)c3ccc(S(=O)(=O)N4CCCCCC4)cc3)nc2c1C. The molecule has 1 aliphatic rings. The average Bonchev–Trinajstić information content (AvgIpc) is 3.15. The van der Waals surface area contributed by atoms with Crippen LogP contribution in [-0.4, -0.2) is 36.7 Å². The molecule has 0 saturated carbocycles. The predicted octanol–water partition coefficient (Wildman–Crippen LogP) is 6.32. The van der Waals surface area contributed by atoms with Crippen molar-refractivity contribution in [1.29, 1.82) is 0 Å². The molecule has 0 N–H and O–H groups in total. The average molecular weight is 534 g/mol. The molecule has 1 aromatic heterocycles. The van der Waals surface area contributed by atoms with E-state index in [1.165, 1.54) is 11.3 Å². The largest absolute Gasteiger partial charge is 0.279 e. The molecule has 4 aromatic rings. The molecule has 0 atom stereocenters. The van der Waals surface area contributed by atoms with Gasteiger partial charge in [-0.15, -0.1) is 0 Å². The molecule has 0 spiro atoms. The van der Waals surface area contributed by atoms with E-state index in [0.717, 1.165) is 52.6 Å². The lowest BCUT2D eigenvalue weighted by molar-refractivity contribution is 0.0985. The highest BCUT2D eigenvalue weighted by Gasteiger charge is 2.27. The van der Waals surface area contributed by atoms with Crippen molar-refractivity contribution in [3.05, 3.63) is 89.0 Å². The smallest absolute Gasteiger partial charge is 0.260 e. The molecule has 0 bridgehead atoms. The number of carbonyl (C=O) groups excluding carboxylic acids is 1. The molecule has 6 nitrogen and oxygen atoms in total. The molecule has 37 heavy (non-hydrogen) atoms. The maximum atomic E-state index is 13.8. The minimum atomic E-state index is -3.58. The van der Waals surface area contributed by atoms with E-state index < -0.39 is 10.0 Å². The molecular formula is C29H31N3O3S2. The van der Waals surface area contributed by atoms with E-state index in [1.807, 2.05) is 43.3 Å². The third-order valence-corrected chi connectivity index (χ3v) is 9.99. The van der Waals surface area contributed by atoms with Gasteiger partial charge in [0.05, 0.1) is 21.7 Å². The van der Waals surface area contributed by atoms with E-state index in [1.54, 1.807) is 33.5 Å². The van der Waals surface area contributed by atoms with E-state index in [9.17, 15) is 13.2 Å². The van der Waals surface area contributed by atoms with Crippen LogP contribution in [0.15, 0.2) is 71.6 Å². The second-order valence-corrected chi connectivity index (χ2v) is 12.5. The zero-order chi connectivity index (χ0) is 26.0. The van der Waals surface area contributed by atoms with Crippen LogP contribution in [0, 0.1) is 13.8 Å². The van der Waals surface area contributed by atoms with Gasteiger partial charge in [0, 0.05) is 18.7 Å². The van der Waals surface area contributed by atoms with Gasteiger partial charge in [0.2, 0.25) is 10.0 Å². The van der Waals surface area contributed by atoms with Gasteiger partial charge in [-0.2, -0.15) is 4.31 Å². The van der Waals surface area contributed by atoms with Gasteiger partial charge in [0.25, 0.3) is 5.91 Å². The van der Waals surface area contributed by atoms with Crippen LogP contribution in [0.5, 0.6) is 0 Å². The first-order valence-electron chi connectivity index (χ1n) is 12.7. The summed E-state index contributed by atoms with van der Waals surface area (Å²) in [5.74, 6) is -0.212.